The van der Waals surface area contributed by atoms with Gasteiger partial charge in [-0.25, -0.2) is 0 Å². The van der Waals surface area contributed by atoms with Crippen LogP contribution in [0.2, 0.25) is 0 Å². The van der Waals surface area contributed by atoms with Crippen LogP contribution in [0, 0.1) is 5.92 Å². The van der Waals surface area contributed by atoms with E-state index in [0.717, 1.165) is 19.0 Å². The van der Waals surface area contributed by atoms with Crippen molar-refractivity contribution in [3.05, 3.63) is 33.8 Å². The first-order valence-corrected chi connectivity index (χ1v) is 7.78. The molecule has 1 N–H and O–H groups in total. The molecule has 0 radical (unpaired) electrons. The van der Waals surface area contributed by atoms with Gasteiger partial charge in [0.2, 0.25) is 0 Å². The van der Waals surface area contributed by atoms with Gasteiger partial charge in [0, 0.05) is 36.7 Å². The smallest absolute Gasteiger partial charge is 0.0377 e. The van der Waals surface area contributed by atoms with Gasteiger partial charge < -0.3 is 5.32 Å². The summed E-state index contributed by atoms with van der Waals surface area (Å²) in [5, 5.41) is 3.45. The lowest BCUT2D eigenvalue weighted by atomic mass is 9.79. The molecule has 18 heavy (non-hydrogen) atoms. The van der Waals surface area contributed by atoms with Crippen LogP contribution in [0.25, 0.3) is 0 Å². The molecule has 2 aliphatic rings. The van der Waals surface area contributed by atoms with Crippen LogP contribution < -0.4 is 5.32 Å². The zero-order chi connectivity index (χ0) is 12.5. The molecule has 0 bridgehead atoms. The lowest BCUT2D eigenvalue weighted by Crippen LogP contribution is -2.47. The summed E-state index contributed by atoms with van der Waals surface area (Å²) in [6, 6.07) is 7.45. The molecule has 1 aliphatic carbocycles. The molecule has 0 aromatic heterocycles. The SMILES string of the molecule is CC1CCc2ccc(Br)cc2C1N1CCNCC1. The van der Waals surface area contributed by atoms with Crippen molar-refractivity contribution in [1.82, 2.24) is 10.2 Å². The molecule has 3 heteroatoms. The lowest BCUT2D eigenvalue weighted by molar-refractivity contribution is 0.119. The van der Waals surface area contributed by atoms with E-state index in [1.54, 1.807) is 11.1 Å². The average Bonchev–Trinajstić information content (AvgIpc) is 2.39. The van der Waals surface area contributed by atoms with Gasteiger partial charge in [-0.3, -0.25) is 4.90 Å². The number of halogens is 1. The lowest BCUT2D eigenvalue weighted by Gasteiger charge is -2.42. The topological polar surface area (TPSA) is 15.3 Å². The predicted molar refractivity (Wildman–Crippen MR) is 78.8 cm³/mol. The first kappa shape index (κ1) is 12.6. The molecular weight excluding hydrogens is 288 g/mol. The van der Waals surface area contributed by atoms with Gasteiger partial charge >= 0.3 is 0 Å². The van der Waals surface area contributed by atoms with Gasteiger partial charge in [0.05, 0.1) is 0 Å². The maximum Gasteiger partial charge on any atom is 0.0377 e. The molecule has 1 aliphatic heterocycles. The molecule has 0 amide bonds. The standard InChI is InChI=1S/C15H21BrN2/c1-11-2-3-12-4-5-13(16)10-14(12)15(11)18-8-6-17-7-9-18/h4-5,10-11,15,17H,2-3,6-9H2,1H3. The van der Waals surface area contributed by atoms with Crippen LogP contribution in [-0.2, 0) is 6.42 Å². The summed E-state index contributed by atoms with van der Waals surface area (Å²) in [6.07, 6.45) is 2.57. The van der Waals surface area contributed by atoms with Crippen molar-refractivity contribution in [2.45, 2.75) is 25.8 Å². The second-order valence-electron chi connectivity index (χ2n) is 5.59. The molecule has 2 unspecified atom stereocenters. The molecule has 2 atom stereocenters. The molecular formula is C15H21BrN2. The highest BCUT2D eigenvalue weighted by Crippen LogP contribution is 2.39. The van der Waals surface area contributed by atoms with Crippen LogP contribution in [-0.4, -0.2) is 31.1 Å². The third-order valence-electron chi connectivity index (χ3n) is 4.38. The van der Waals surface area contributed by atoms with Gasteiger partial charge in [0.25, 0.3) is 0 Å². The Morgan fingerprint density at radius 1 is 1.28 bits per heavy atom. The maximum absolute atomic E-state index is 3.63. The van der Waals surface area contributed by atoms with Crippen molar-refractivity contribution >= 4 is 15.9 Å². The van der Waals surface area contributed by atoms with Crippen LogP contribution in [0.4, 0.5) is 0 Å². The number of hydrogen-bond donors (Lipinski definition) is 1. The summed E-state index contributed by atoms with van der Waals surface area (Å²) in [4.78, 5) is 2.67. The second kappa shape index (κ2) is 5.32. The van der Waals surface area contributed by atoms with Crippen LogP contribution in [0.3, 0.4) is 0 Å². The van der Waals surface area contributed by atoms with Gasteiger partial charge in [0.1, 0.15) is 0 Å². The van der Waals surface area contributed by atoms with Crippen molar-refractivity contribution < 1.29 is 0 Å². The Bertz CT molecular complexity index is 427. The summed E-state index contributed by atoms with van der Waals surface area (Å²) in [5.74, 6) is 0.768. The molecule has 0 spiro atoms. The molecule has 1 fully saturated rings. The Morgan fingerprint density at radius 3 is 2.83 bits per heavy atom. The Balaban J connectivity index is 1.95. The molecule has 1 heterocycles. The van der Waals surface area contributed by atoms with Crippen molar-refractivity contribution in [2.24, 2.45) is 5.92 Å². The number of aryl methyl sites for hydroxylation is 1. The number of benzene rings is 1. The van der Waals surface area contributed by atoms with Crippen molar-refractivity contribution in [1.29, 1.82) is 0 Å². The van der Waals surface area contributed by atoms with Crippen LogP contribution in [0.5, 0.6) is 0 Å². The van der Waals surface area contributed by atoms with E-state index in [0.29, 0.717) is 6.04 Å². The summed E-state index contributed by atoms with van der Waals surface area (Å²) >= 11 is 3.63. The van der Waals surface area contributed by atoms with E-state index in [9.17, 15) is 0 Å². The molecule has 1 saturated heterocycles. The van der Waals surface area contributed by atoms with E-state index in [-0.39, 0.29) is 0 Å². The molecule has 1 aromatic carbocycles. The van der Waals surface area contributed by atoms with E-state index in [4.69, 9.17) is 0 Å². The fraction of sp³-hybridized carbons (Fsp3) is 0.600. The summed E-state index contributed by atoms with van der Waals surface area (Å²) < 4.78 is 1.22. The summed E-state index contributed by atoms with van der Waals surface area (Å²) in [7, 11) is 0. The Labute approximate surface area is 118 Å². The van der Waals surface area contributed by atoms with Gasteiger partial charge in [0.15, 0.2) is 0 Å². The third-order valence-corrected chi connectivity index (χ3v) is 4.87. The summed E-state index contributed by atoms with van der Waals surface area (Å²) in [6.45, 7) is 7.04. The third kappa shape index (κ3) is 2.36. The van der Waals surface area contributed by atoms with Crippen LogP contribution in [0.1, 0.15) is 30.5 Å². The summed E-state index contributed by atoms with van der Waals surface area (Å²) in [5.41, 5.74) is 3.12. The van der Waals surface area contributed by atoms with Gasteiger partial charge in [-0.2, -0.15) is 0 Å². The predicted octanol–water partition coefficient (Wildman–Crippen LogP) is 2.98. The Morgan fingerprint density at radius 2 is 2.06 bits per heavy atom. The average molecular weight is 309 g/mol. The number of nitrogens with zero attached hydrogens (tertiary/aromatic N) is 1. The fourth-order valence-corrected chi connectivity index (χ4v) is 3.81. The highest BCUT2D eigenvalue weighted by atomic mass is 79.9. The van der Waals surface area contributed by atoms with Crippen molar-refractivity contribution in [3.8, 4) is 0 Å². The molecule has 3 rings (SSSR count). The maximum atomic E-state index is 3.63. The minimum atomic E-state index is 0.619. The first-order chi connectivity index (χ1) is 8.75. The number of hydrogen-bond acceptors (Lipinski definition) is 2. The van der Waals surface area contributed by atoms with Gasteiger partial charge in [-0.05, 0) is 42.0 Å². The molecule has 2 nitrogen and oxygen atoms in total. The van der Waals surface area contributed by atoms with Crippen molar-refractivity contribution in [3.63, 3.8) is 0 Å². The minimum absolute atomic E-state index is 0.619. The van der Waals surface area contributed by atoms with Crippen molar-refractivity contribution in [2.75, 3.05) is 26.2 Å². The molecule has 0 saturated carbocycles. The van der Waals surface area contributed by atoms with E-state index in [2.05, 4.69) is 51.3 Å². The van der Waals surface area contributed by atoms with Gasteiger partial charge in [-0.1, -0.05) is 28.9 Å². The van der Waals surface area contributed by atoms with Crippen LogP contribution in [0.15, 0.2) is 22.7 Å². The fourth-order valence-electron chi connectivity index (χ4n) is 3.43. The van der Waals surface area contributed by atoms with Crippen LogP contribution >= 0.6 is 15.9 Å². The molecule has 1 aromatic rings. The second-order valence-corrected chi connectivity index (χ2v) is 6.51. The number of rotatable bonds is 1. The monoisotopic (exact) mass is 308 g/mol. The number of piperazine rings is 1. The Hall–Kier alpha value is -0.380. The quantitative estimate of drug-likeness (QED) is 0.858. The first-order valence-electron chi connectivity index (χ1n) is 6.99. The van der Waals surface area contributed by atoms with E-state index in [1.165, 1.54) is 30.4 Å². The highest BCUT2D eigenvalue weighted by Gasteiger charge is 2.31. The van der Waals surface area contributed by atoms with E-state index >= 15 is 0 Å². The van der Waals surface area contributed by atoms with E-state index < -0.39 is 0 Å². The van der Waals surface area contributed by atoms with Gasteiger partial charge in [-0.15, -0.1) is 0 Å². The largest absolute Gasteiger partial charge is 0.314 e. The Kier molecular flexibility index (Phi) is 3.73. The zero-order valence-corrected chi connectivity index (χ0v) is 12.5. The number of fused-ring (bicyclic) bond motifs is 1. The normalized spacial score (nSPS) is 29.0. The zero-order valence-electron chi connectivity index (χ0n) is 11.0. The number of nitrogens with one attached hydrogen (secondary N) is 1. The van der Waals surface area contributed by atoms with E-state index in [1.807, 2.05) is 0 Å². The molecule has 98 valence electrons. The highest BCUT2D eigenvalue weighted by molar-refractivity contribution is 9.10. The minimum Gasteiger partial charge on any atom is -0.314 e.